The third-order valence-electron chi connectivity index (χ3n) is 3.03. The molecule has 0 unspecified atom stereocenters. The van der Waals surface area contributed by atoms with Crippen LogP contribution in [-0.4, -0.2) is 21.2 Å². The lowest BCUT2D eigenvalue weighted by molar-refractivity contribution is 0.0696. The number of carbonyl (C=O) groups is 1. The molecule has 1 aromatic carbocycles. The van der Waals surface area contributed by atoms with Crippen LogP contribution in [0, 0.1) is 13.8 Å². The number of ether oxygens (including phenoxy) is 1. The highest BCUT2D eigenvalue weighted by atomic mass is 16.5. The van der Waals surface area contributed by atoms with Gasteiger partial charge < -0.3 is 14.4 Å². The number of carboxylic acid groups (broad SMARTS) is 1. The molecule has 0 aliphatic heterocycles. The van der Waals surface area contributed by atoms with Crippen LogP contribution in [0.25, 0.3) is 0 Å². The SMILES string of the molecule is Cc1cc(C(=O)O)cc(C)c1OCc1noc(C(C)C)n1. The summed E-state index contributed by atoms with van der Waals surface area (Å²) >= 11 is 0. The zero-order valence-electron chi connectivity index (χ0n) is 12.5. The summed E-state index contributed by atoms with van der Waals surface area (Å²) in [4.78, 5) is 15.2. The van der Waals surface area contributed by atoms with Crippen molar-refractivity contribution in [2.75, 3.05) is 0 Å². The lowest BCUT2D eigenvalue weighted by atomic mass is 10.1. The number of aromatic carboxylic acids is 1. The molecule has 0 amide bonds. The Bertz CT molecular complexity index is 638. The summed E-state index contributed by atoms with van der Waals surface area (Å²) in [5.41, 5.74) is 1.78. The van der Waals surface area contributed by atoms with Gasteiger partial charge in [-0.2, -0.15) is 4.98 Å². The number of hydrogen-bond donors (Lipinski definition) is 1. The van der Waals surface area contributed by atoms with Gasteiger partial charge in [-0.15, -0.1) is 0 Å². The molecule has 0 bridgehead atoms. The summed E-state index contributed by atoms with van der Waals surface area (Å²) in [5.74, 6) is 0.913. The van der Waals surface area contributed by atoms with Crippen LogP contribution in [0.1, 0.15) is 53.0 Å². The minimum absolute atomic E-state index is 0.171. The van der Waals surface area contributed by atoms with Crippen molar-refractivity contribution in [1.82, 2.24) is 10.1 Å². The highest BCUT2D eigenvalue weighted by Gasteiger charge is 2.13. The molecular weight excluding hydrogens is 272 g/mol. The zero-order chi connectivity index (χ0) is 15.6. The van der Waals surface area contributed by atoms with E-state index in [-0.39, 0.29) is 18.1 Å². The minimum Gasteiger partial charge on any atom is -0.485 e. The summed E-state index contributed by atoms with van der Waals surface area (Å²) in [7, 11) is 0. The van der Waals surface area contributed by atoms with Crippen LogP contribution in [-0.2, 0) is 6.61 Å². The first-order valence-corrected chi connectivity index (χ1v) is 6.68. The molecule has 0 atom stereocenters. The first kappa shape index (κ1) is 15.0. The van der Waals surface area contributed by atoms with Crippen LogP contribution >= 0.6 is 0 Å². The average molecular weight is 290 g/mol. The Morgan fingerprint density at radius 1 is 1.33 bits per heavy atom. The maximum Gasteiger partial charge on any atom is 0.335 e. The van der Waals surface area contributed by atoms with E-state index in [1.54, 1.807) is 12.1 Å². The van der Waals surface area contributed by atoms with Gasteiger partial charge in [0.15, 0.2) is 6.61 Å². The van der Waals surface area contributed by atoms with Crippen molar-refractivity contribution < 1.29 is 19.2 Å². The number of rotatable bonds is 5. The highest BCUT2D eigenvalue weighted by Crippen LogP contribution is 2.25. The summed E-state index contributed by atoms with van der Waals surface area (Å²) in [6.45, 7) is 7.74. The van der Waals surface area contributed by atoms with Gasteiger partial charge in [0.1, 0.15) is 5.75 Å². The predicted molar refractivity (Wildman–Crippen MR) is 75.6 cm³/mol. The molecule has 2 aromatic rings. The van der Waals surface area contributed by atoms with Crippen LogP contribution in [0.4, 0.5) is 0 Å². The lowest BCUT2D eigenvalue weighted by Crippen LogP contribution is -2.04. The molecule has 0 saturated heterocycles. The Hall–Kier alpha value is -2.37. The van der Waals surface area contributed by atoms with Gasteiger partial charge >= 0.3 is 5.97 Å². The minimum atomic E-state index is -0.951. The summed E-state index contributed by atoms with van der Waals surface area (Å²) in [5, 5.41) is 12.9. The molecule has 2 rings (SSSR count). The van der Waals surface area contributed by atoms with Gasteiger partial charge in [0.05, 0.1) is 5.56 Å². The van der Waals surface area contributed by atoms with Crippen molar-refractivity contribution in [3.63, 3.8) is 0 Å². The molecule has 0 radical (unpaired) electrons. The van der Waals surface area contributed by atoms with E-state index in [9.17, 15) is 4.79 Å². The standard InChI is InChI=1S/C15H18N2O4/c1-8(2)14-16-12(17-21-14)7-20-13-9(3)5-11(15(18)19)6-10(13)4/h5-6,8H,7H2,1-4H3,(H,18,19). The van der Waals surface area contributed by atoms with Crippen molar-refractivity contribution in [3.05, 3.63) is 40.5 Å². The van der Waals surface area contributed by atoms with Gasteiger partial charge in [-0.3, -0.25) is 0 Å². The van der Waals surface area contributed by atoms with Crippen LogP contribution in [0.3, 0.4) is 0 Å². The van der Waals surface area contributed by atoms with E-state index >= 15 is 0 Å². The predicted octanol–water partition coefficient (Wildman–Crippen LogP) is 3.09. The molecule has 6 nitrogen and oxygen atoms in total. The monoisotopic (exact) mass is 290 g/mol. The maximum atomic E-state index is 11.0. The van der Waals surface area contributed by atoms with Crippen LogP contribution in [0.5, 0.6) is 5.75 Å². The number of benzene rings is 1. The number of aryl methyl sites for hydroxylation is 2. The number of carboxylic acids is 1. The summed E-state index contributed by atoms with van der Waals surface area (Å²) in [6.07, 6.45) is 0. The highest BCUT2D eigenvalue weighted by molar-refractivity contribution is 5.88. The van der Waals surface area contributed by atoms with Gasteiger partial charge in [-0.25, -0.2) is 4.79 Å². The Morgan fingerprint density at radius 2 is 1.95 bits per heavy atom. The van der Waals surface area contributed by atoms with E-state index in [1.807, 2.05) is 27.7 Å². The van der Waals surface area contributed by atoms with Gasteiger partial charge in [-0.1, -0.05) is 19.0 Å². The van der Waals surface area contributed by atoms with Crippen molar-refractivity contribution in [3.8, 4) is 5.75 Å². The third-order valence-corrected chi connectivity index (χ3v) is 3.03. The first-order valence-electron chi connectivity index (χ1n) is 6.68. The first-order chi connectivity index (χ1) is 9.88. The third kappa shape index (κ3) is 3.39. The van der Waals surface area contributed by atoms with Crippen LogP contribution < -0.4 is 4.74 Å². The molecule has 0 saturated carbocycles. The van der Waals surface area contributed by atoms with Crippen molar-refractivity contribution in [2.24, 2.45) is 0 Å². The normalized spacial score (nSPS) is 10.9. The second-order valence-corrected chi connectivity index (χ2v) is 5.24. The number of aromatic nitrogens is 2. The Kier molecular flexibility index (Phi) is 4.26. The molecule has 0 spiro atoms. The zero-order valence-corrected chi connectivity index (χ0v) is 12.5. The molecule has 6 heteroatoms. The molecule has 1 N–H and O–H groups in total. The summed E-state index contributed by atoms with van der Waals surface area (Å²) < 4.78 is 10.8. The van der Waals surface area contributed by atoms with Gasteiger partial charge in [0, 0.05) is 5.92 Å². The van der Waals surface area contributed by atoms with Crippen LogP contribution in [0.2, 0.25) is 0 Å². The van der Waals surface area contributed by atoms with E-state index in [0.29, 0.717) is 17.5 Å². The molecule has 0 aliphatic carbocycles. The van der Waals surface area contributed by atoms with E-state index in [4.69, 9.17) is 14.4 Å². The fraction of sp³-hybridized carbons (Fsp3) is 0.400. The molecule has 1 heterocycles. The topological polar surface area (TPSA) is 85.5 Å². The second-order valence-electron chi connectivity index (χ2n) is 5.24. The van der Waals surface area contributed by atoms with Crippen molar-refractivity contribution >= 4 is 5.97 Å². The Balaban J connectivity index is 2.14. The molecule has 1 aromatic heterocycles. The fourth-order valence-corrected chi connectivity index (χ4v) is 2.00. The maximum absolute atomic E-state index is 11.0. The molecule has 21 heavy (non-hydrogen) atoms. The van der Waals surface area contributed by atoms with Crippen molar-refractivity contribution in [1.29, 1.82) is 0 Å². The molecule has 0 fully saturated rings. The van der Waals surface area contributed by atoms with Gasteiger partial charge in [-0.05, 0) is 37.1 Å². The van der Waals surface area contributed by atoms with E-state index in [1.165, 1.54) is 0 Å². The fourth-order valence-electron chi connectivity index (χ4n) is 2.00. The number of nitrogens with zero attached hydrogens (tertiary/aromatic N) is 2. The van der Waals surface area contributed by atoms with E-state index in [2.05, 4.69) is 10.1 Å². The lowest BCUT2D eigenvalue weighted by Gasteiger charge is -2.11. The quantitative estimate of drug-likeness (QED) is 0.910. The smallest absolute Gasteiger partial charge is 0.335 e. The van der Waals surface area contributed by atoms with Crippen molar-refractivity contribution in [2.45, 2.75) is 40.2 Å². The largest absolute Gasteiger partial charge is 0.485 e. The second kappa shape index (κ2) is 5.95. The molecular formula is C15H18N2O4. The summed E-state index contributed by atoms with van der Waals surface area (Å²) in [6, 6.07) is 3.17. The van der Waals surface area contributed by atoms with Gasteiger partial charge in [0.2, 0.25) is 11.7 Å². The van der Waals surface area contributed by atoms with Gasteiger partial charge in [0.25, 0.3) is 0 Å². The molecule has 112 valence electrons. The Morgan fingerprint density at radius 3 is 2.43 bits per heavy atom. The number of hydrogen-bond acceptors (Lipinski definition) is 5. The van der Waals surface area contributed by atoms with Crippen LogP contribution in [0.15, 0.2) is 16.7 Å². The van der Waals surface area contributed by atoms with E-state index in [0.717, 1.165) is 11.1 Å². The Labute approximate surface area is 122 Å². The van der Waals surface area contributed by atoms with E-state index < -0.39 is 5.97 Å². The average Bonchev–Trinajstić information content (AvgIpc) is 2.86. The molecule has 0 aliphatic rings.